The lowest BCUT2D eigenvalue weighted by Crippen LogP contribution is -2.37. The van der Waals surface area contributed by atoms with Crippen molar-refractivity contribution in [2.75, 3.05) is 19.6 Å². The smallest absolute Gasteiger partial charge is 0.276 e. The van der Waals surface area contributed by atoms with Crippen LogP contribution < -0.4 is 5.32 Å². The molecule has 1 amide bonds. The van der Waals surface area contributed by atoms with Crippen LogP contribution in [0.5, 0.6) is 0 Å². The molecule has 2 aromatic carbocycles. The topological polar surface area (TPSA) is 75.5 Å². The second kappa shape index (κ2) is 10.2. The summed E-state index contributed by atoms with van der Waals surface area (Å²) in [6.07, 6.45) is 2.81. The molecule has 6 heteroatoms. The summed E-state index contributed by atoms with van der Waals surface area (Å²) < 4.78 is 0. The minimum absolute atomic E-state index is 0.0214. The Morgan fingerprint density at radius 1 is 1.11 bits per heavy atom. The van der Waals surface area contributed by atoms with Crippen LogP contribution >= 0.6 is 0 Å². The van der Waals surface area contributed by atoms with Gasteiger partial charge in [0.15, 0.2) is 0 Å². The molecule has 0 aliphatic rings. The van der Waals surface area contributed by atoms with E-state index in [2.05, 4.69) is 36.2 Å². The van der Waals surface area contributed by atoms with E-state index in [4.69, 9.17) is 0 Å². The number of nitrogens with one attached hydrogen (secondary N) is 1. The zero-order valence-electron chi connectivity index (χ0n) is 15.7. The molecule has 2 aromatic rings. The summed E-state index contributed by atoms with van der Waals surface area (Å²) in [5.41, 5.74) is 1.53. The Kier molecular flexibility index (Phi) is 7.70. The molecule has 0 fully saturated rings. The SMILES string of the molecule is CCN(CC)[C@H](CNC(=O)/C=C/c1ccccc1[N+](=O)[O-])c1ccccc1. The van der Waals surface area contributed by atoms with Crippen LogP contribution in [0.25, 0.3) is 6.08 Å². The van der Waals surface area contributed by atoms with Crippen molar-refractivity contribution in [3.8, 4) is 0 Å². The van der Waals surface area contributed by atoms with Crippen LogP contribution in [0.15, 0.2) is 60.7 Å². The van der Waals surface area contributed by atoms with Gasteiger partial charge < -0.3 is 5.32 Å². The minimum atomic E-state index is -0.455. The Bertz CT molecular complexity index is 786. The van der Waals surface area contributed by atoms with Gasteiger partial charge in [0, 0.05) is 18.7 Å². The van der Waals surface area contributed by atoms with Gasteiger partial charge in [0.1, 0.15) is 0 Å². The van der Waals surface area contributed by atoms with Gasteiger partial charge in [-0.15, -0.1) is 0 Å². The van der Waals surface area contributed by atoms with Crippen molar-refractivity contribution in [1.82, 2.24) is 10.2 Å². The average Bonchev–Trinajstić information content (AvgIpc) is 2.70. The van der Waals surface area contributed by atoms with E-state index in [-0.39, 0.29) is 17.6 Å². The summed E-state index contributed by atoms with van der Waals surface area (Å²) in [4.78, 5) is 25.1. The molecule has 1 N–H and O–H groups in total. The molecule has 0 aliphatic carbocycles. The molecule has 0 bridgehead atoms. The number of hydrogen-bond donors (Lipinski definition) is 1. The molecular weight excluding hydrogens is 342 g/mol. The lowest BCUT2D eigenvalue weighted by atomic mass is 10.1. The first-order valence-corrected chi connectivity index (χ1v) is 9.05. The van der Waals surface area contributed by atoms with Crippen LogP contribution in [0.3, 0.4) is 0 Å². The summed E-state index contributed by atoms with van der Waals surface area (Å²) in [5, 5.41) is 14.0. The quantitative estimate of drug-likeness (QED) is 0.415. The zero-order chi connectivity index (χ0) is 19.6. The van der Waals surface area contributed by atoms with Crippen molar-refractivity contribution in [2.24, 2.45) is 0 Å². The van der Waals surface area contributed by atoms with E-state index < -0.39 is 4.92 Å². The number of carbonyl (C=O) groups is 1. The van der Waals surface area contributed by atoms with E-state index in [0.717, 1.165) is 18.7 Å². The van der Waals surface area contributed by atoms with Crippen LogP contribution in [-0.4, -0.2) is 35.4 Å². The van der Waals surface area contributed by atoms with Crippen molar-refractivity contribution in [1.29, 1.82) is 0 Å². The van der Waals surface area contributed by atoms with Gasteiger partial charge in [-0.1, -0.05) is 56.3 Å². The van der Waals surface area contributed by atoms with E-state index in [0.29, 0.717) is 12.1 Å². The van der Waals surface area contributed by atoms with E-state index in [1.807, 2.05) is 18.2 Å². The summed E-state index contributed by atoms with van der Waals surface area (Å²) in [6.45, 7) is 6.40. The first-order valence-electron chi connectivity index (χ1n) is 9.05. The number of rotatable bonds is 9. The van der Waals surface area contributed by atoms with Crippen LogP contribution in [0.2, 0.25) is 0 Å². The van der Waals surface area contributed by atoms with E-state index >= 15 is 0 Å². The van der Waals surface area contributed by atoms with Crippen molar-refractivity contribution >= 4 is 17.7 Å². The molecule has 142 valence electrons. The maximum Gasteiger partial charge on any atom is 0.276 e. The molecule has 0 aliphatic heterocycles. The maximum atomic E-state index is 12.2. The number of nitro benzene ring substituents is 1. The number of amides is 1. The van der Waals surface area contributed by atoms with Gasteiger partial charge >= 0.3 is 0 Å². The Balaban J connectivity index is 2.07. The summed E-state index contributed by atoms with van der Waals surface area (Å²) in [7, 11) is 0. The molecule has 0 saturated heterocycles. The molecule has 6 nitrogen and oxygen atoms in total. The zero-order valence-corrected chi connectivity index (χ0v) is 15.7. The second-order valence-electron chi connectivity index (χ2n) is 6.04. The van der Waals surface area contributed by atoms with E-state index in [9.17, 15) is 14.9 Å². The number of nitrogens with zero attached hydrogens (tertiary/aromatic N) is 2. The number of para-hydroxylation sites is 1. The fourth-order valence-corrected chi connectivity index (χ4v) is 3.01. The van der Waals surface area contributed by atoms with Crippen LogP contribution in [0.1, 0.15) is 31.0 Å². The summed E-state index contributed by atoms with van der Waals surface area (Å²) in [6, 6.07) is 16.5. The normalized spacial score (nSPS) is 12.3. The van der Waals surface area contributed by atoms with E-state index in [1.165, 1.54) is 18.2 Å². The molecule has 0 heterocycles. The number of benzene rings is 2. The highest BCUT2D eigenvalue weighted by Gasteiger charge is 2.18. The number of hydrogen-bond acceptors (Lipinski definition) is 4. The third-order valence-electron chi connectivity index (χ3n) is 4.45. The van der Waals surface area contributed by atoms with Gasteiger partial charge in [0.2, 0.25) is 5.91 Å². The van der Waals surface area contributed by atoms with Gasteiger partial charge in [-0.2, -0.15) is 0 Å². The molecule has 27 heavy (non-hydrogen) atoms. The van der Waals surface area contributed by atoms with Crippen LogP contribution in [0, 0.1) is 10.1 Å². The molecule has 2 rings (SSSR count). The van der Waals surface area contributed by atoms with Crippen molar-refractivity contribution in [3.05, 3.63) is 81.9 Å². The highest BCUT2D eigenvalue weighted by Crippen LogP contribution is 2.20. The molecule has 0 radical (unpaired) electrons. The van der Waals surface area contributed by atoms with Crippen molar-refractivity contribution in [3.63, 3.8) is 0 Å². The monoisotopic (exact) mass is 367 g/mol. The average molecular weight is 367 g/mol. The molecule has 0 aromatic heterocycles. The first-order chi connectivity index (χ1) is 13.1. The third-order valence-corrected chi connectivity index (χ3v) is 4.45. The second-order valence-corrected chi connectivity index (χ2v) is 6.04. The third kappa shape index (κ3) is 5.76. The molecule has 1 atom stereocenters. The highest BCUT2D eigenvalue weighted by molar-refractivity contribution is 5.92. The first kappa shape index (κ1) is 20.3. The molecule has 0 unspecified atom stereocenters. The highest BCUT2D eigenvalue weighted by atomic mass is 16.6. The Hall–Kier alpha value is -2.99. The standard InChI is InChI=1S/C21H25N3O3/c1-3-23(4-2)20(17-10-6-5-7-11-17)16-22-21(25)15-14-18-12-8-9-13-19(18)24(26)27/h5-15,20H,3-4,16H2,1-2H3,(H,22,25)/b15-14+/t20-/m1/s1. The molecular formula is C21H25N3O3. The minimum Gasteiger partial charge on any atom is -0.351 e. The van der Waals surface area contributed by atoms with Crippen LogP contribution in [0.4, 0.5) is 5.69 Å². The van der Waals surface area contributed by atoms with Gasteiger partial charge in [-0.3, -0.25) is 19.8 Å². The predicted octanol–water partition coefficient (Wildman–Crippen LogP) is 3.81. The van der Waals surface area contributed by atoms with Gasteiger partial charge in [-0.25, -0.2) is 0 Å². The number of likely N-dealkylation sites (N-methyl/N-ethyl adjacent to an activating group) is 1. The van der Waals surface area contributed by atoms with E-state index in [1.54, 1.807) is 18.2 Å². The number of nitro groups is 1. The fourth-order valence-electron chi connectivity index (χ4n) is 3.01. The fraction of sp³-hybridized carbons (Fsp3) is 0.286. The van der Waals surface area contributed by atoms with Gasteiger partial charge in [-0.05, 0) is 30.8 Å². The van der Waals surface area contributed by atoms with Crippen molar-refractivity contribution < 1.29 is 9.72 Å². The van der Waals surface area contributed by atoms with Crippen molar-refractivity contribution in [2.45, 2.75) is 19.9 Å². The van der Waals surface area contributed by atoms with Crippen LogP contribution in [-0.2, 0) is 4.79 Å². The summed E-state index contributed by atoms with van der Waals surface area (Å²) >= 11 is 0. The Morgan fingerprint density at radius 3 is 2.37 bits per heavy atom. The number of carbonyl (C=O) groups excluding carboxylic acids is 1. The Morgan fingerprint density at radius 2 is 1.74 bits per heavy atom. The maximum absolute atomic E-state index is 12.2. The Labute approximate surface area is 159 Å². The molecule has 0 spiro atoms. The summed E-state index contributed by atoms with van der Waals surface area (Å²) in [5.74, 6) is -0.277. The predicted molar refractivity (Wildman–Crippen MR) is 107 cm³/mol. The lowest BCUT2D eigenvalue weighted by molar-refractivity contribution is -0.385. The molecule has 0 saturated carbocycles. The van der Waals surface area contributed by atoms with Gasteiger partial charge in [0.25, 0.3) is 5.69 Å². The lowest BCUT2D eigenvalue weighted by Gasteiger charge is -2.30. The van der Waals surface area contributed by atoms with Gasteiger partial charge in [0.05, 0.1) is 16.5 Å². The largest absolute Gasteiger partial charge is 0.351 e.